The molecule has 1 amide bonds. The van der Waals surface area contributed by atoms with Gasteiger partial charge in [0.2, 0.25) is 0 Å². The molecule has 10 nitrogen and oxygen atoms in total. The summed E-state index contributed by atoms with van der Waals surface area (Å²) in [6.45, 7) is 1.26. The zero-order valence-corrected chi connectivity index (χ0v) is 19.2. The maximum Gasteiger partial charge on any atom is 0.573 e. The molecular formula is C22H20F6N6O4. The van der Waals surface area contributed by atoms with Crippen molar-refractivity contribution in [3.63, 3.8) is 0 Å². The smallest absolute Gasteiger partial charge is 0.475 e. The quantitative estimate of drug-likeness (QED) is 0.403. The summed E-state index contributed by atoms with van der Waals surface area (Å²) in [6, 6.07) is 8.81. The number of halogens is 6. The van der Waals surface area contributed by atoms with Crippen LogP contribution in [-0.2, 0) is 11.3 Å². The van der Waals surface area contributed by atoms with Gasteiger partial charge in [0.15, 0.2) is 0 Å². The molecule has 38 heavy (non-hydrogen) atoms. The number of aromatic nitrogens is 4. The highest BCUT2D eigenvalue weighted by Gasteiger charge is 2.38. The van der Waals surface area contributed by atoms with Crippen LogP contribution in [0.2, 0.25) is 0 Å². The van der Waals surface area contributed by atoms with Crippen LogP contribution < -0.4 is 15.4 Å². The predicted octanol–water partition coefficient (Wildman–Crippen LogP) is 3.03. The summed E-state index contributed by atoms with van der Waals surface area (Å²) in [5.41, 5.74) is 1.22. The van der Waals surface area contributed by atoms with Crippen LogP contribution in [-0.4, -0.2) is 68.1 Å². The molecule has 0 aliphatic carbocycles. The Labute approximate surface area is 210 Å². The molecule has 3 heterocycles. The van der Waals surface area contributed by atoms with E-state index in [0.29, 0.717) is 24.2 Å². The summed E-state index contributed by atoms with van der Waals surface area (Å²) in [5.74, 6) is -3.44. The lowest BCUT2D eigenvalue weighted by Gasteiger charge is -2.13. The van der Waals surface area contributed by atoms with Crippen molar-refractivity contribution < 1.29 is 45.8 Å². The monoisotopic (exact) mass is 546 g/mol. The van der Waals surface area contributed by atoms with E-state index in [9.17, 15) is 31.1 Å². The lowest BCUT2D eigenvalue weighted by molar-refractivity contribution is -0.274. The number of benzene rings is 1. The molecule has 0 bridgehead atoms. The molecule has 0 unspecified atom stereocenters. The minimum Gasteiger partial charge on any atom is -0.475 e. The molecule has 3 N–H and O–H groups in total. The zero-order valence-electron chi connectivity index (χ0n) is 19.2. The molecule has 4 rings (SSSR count). The van der Waals surface area contributed by atoms with Crippen LogP contribution >= 0.6 is 0 Å². The maximum atomic E-state index is 12.7. The van der Waals surface area contributed by atoms with Gasteiger partial charge >= 0.3 is 18.5 Å². The second kappa shape index (κ2) is 11.9. The van der Waals surface area contributed by atoms with E-state index in [-0.39, 0.29) is 29.4 Å². The van der Waals surface area contributed by atoms with Crippen LogP contribution in [0, 0.1) is 0 Å². The number of pyridine rings is 1. The largest absolute Gasteiger partial charge is 0.573 e. The minimum atomic E-state index is -5.08. The Morgan fingerprint density at radius 3 is 2.45 bits per heavy atom. The Balaban J connectivity index is 0.000000505. The average Bonchev–Trinajstić information content (AvgIpc) is 3.50. The van der Waals surface area contributed by atoms with Crippen molar-refractivity contribution in [3.8, 4) is 16.9 Å². The van der Waals surface area contributed by atoms with Gasteiger partial charge in [-0.3, -0.25) is 14.5 Å². The highest BCUT2D eigenvalue weighted by atomic mass is 19.4. The summed E-state index contributed by atoms with van der Waals surface area (Å²) in [7, 11) is 0. The van der Waals surface area contributed by atoms with Crippen LogP contribution in [0.15, 0.2) is 55.0 Å². The number of hydrogen-bond acceptors (Lipinski definition) is 7. The number of ether oxygens (including phenoxy) is 1. The molecule has 2 atom stereocenters. The number of amides is 1. The van der Waals surface area contributed by atoms with Crippen LogP contribution in [0.4, 0.5) is 26.3 Å². The summed E-state index contributed by atoms with van der Waals surface area (Å²) < 4.78 is 74.8. The van der Waals surface area contributed by atoms with E-state index in [1.807, 2.05) is 0 Å². The molecule has 0 radical (unpaired) electrons. The van der Waals surface area contributed by atoms with Crippen molar-refractivity contribution in [3.05, 3.63) is 60.7 Å². The second-order valence-corrected chi connectivity index (χ2v) is 7.94. The first-order chi connectivity index (χ1) is 17.8. The Bertz CT molecular complexity index is 1240. The fourth-order valence-corrected chi connectivity index (χ4v) is 3.49. The molecule has 1 aliphatic heterocycles. The Kier molecular flexibility index (Phi) is 8.88. The van der Waals surface area contributed by atoms with Gasteiger partial charge < -0.3 is 20.5 Å². The molecule has 1 aromatic carbocycles. The number of carbonyl (C=O) groups excluding carboxylic acids is 1. The lowest BCUT2D eigenvalue weighted by Crippen LogP contribution is -2.36. The molecule has 16 heteroatoms. The van der Waals surface area contributed by atoms with Gasteiger partial charge in [-0.05, 0) is 41.8 Å². The molecular weight excluding hydrogens is 526 g/mol. The Hall–Kier alpha value is -4.21. The van der Waals surface area contributed by atoms with Gasteiger partial charge in [-0.1, -0.05) is 17.3 Å². The van der Waals surface area contributed by atoms with Gasteiger partial charge in [0.1, 0.15) is 11.4 Å². The van der Waals surface area contributed by atoms with Crippen molar-refractivity contribution in [1.82, 2.24) is 30.6 Å². The molecule has 2 aromatic heterocycles. The van der Waals surface area contributed by atoms with E-state index >= 15 is 0 Å². The fraction of sp³-hybridized carbons (Fsp3) is 0.318. The maximum absolute atomic E-state index is 12.7. The van der Waals surface area contributed by atoms with E-state index in [1.54, 1.807) is 29.2 Å². The van der Waals surface area contributed by atoms with E-state index in [4.69, 9.17) is 9.90 Å². The number of carbonyl (C=O) groups is 2. The predicted molar refractivity (Wildman–Crippen MR) is 118 cm³/mol. The first-order valence-corrected chi connectivity index (χ1v) is 10.8. The van der Waals surface area contributed by atoms with Gasteiger partial charge in [-0.25, -0.2) is 4.79 Å². The van der Waals surface area contributed by atoms with Crippen LogP contribution in [0.3, 0.4) is 0 Å². The molecule has 3 aromatic rings. The third kappa shape index (κ3) is 8.72. The van der Waals surface area contributed by atoms with Crippen LogP contribution in [0.25, 0.3) is 11.1 Å². The van der Waals surface area contributed by atoms with E-state index in [0.717, 1.165) is 6.42 Å². The topological polar surface area (TPSA) is 131 Å². The summed E-state index contributed by atoms with van der Waals surface area (Å²) >= 11 is 0. The minimum absolute atomic E-state index is 0.0741. The first kappa shape index (κ1) is 28.4. The number of alkyl halides is 6. The van der Waals surface area contributed by atoms with Gasteiger partial charge in [0.25, 0.3) is 5.91 Å². The number of aliphatic carboxylic acids is 1. The molecule has 0 spiro atoms. The Morgan fingerprint density at radius 1 is 1.11 bits per heavy atom. The van der Waals surface area contributed by atoms with Crippen LogP contribution in [0.5, 0.6) is 5.75 Å². The van der Waals surface area contributed by atoms with E-state index in [1.165, 1.54) is 30.5 Å². The first-order valence-electron chi connectivity index (χ1n) is 10.8. The third-order valence-corrected chi connectivity index (χ3v) is 5.07. The summed E-state index contributed by atoms with van der Waals surface area (Å²) in [4.78, 5) is 25.7. The normalized spacial score (nSPS) is 17.3. The SMILES string of the molecule is O=C(N[C@H]1CN[C@H](Cn2ccnn2)C1)c1cc(-c2cccc(OC(F)(F)F)c2)ccn1.O=C(O)C(F)(F)F. The molecule has 204 valence electrons. The molecule has 1 fully saturated rings. The van der Waals surface area contributed by atoms with Crippen LogP contribution in [0.1, 0.15) is 16.9 Å². The zero-order chi connectivity index (χ0) is 27.9. The van der Waals surface area contributed by atoms with Gasteiger partial charge in [-0.2, -0.15) is 13.2 Å². The third-order valence-electron chi connectivity index (χ3n) is 5.07. The number of carboxylic acids is 1. The van der Waals surface area contributed by atoms with Gasteiger partial charge in [-0.15, -0.1) is 18.3 Å². The average molecular weight is 546 g/mol. The summed E-state index contributed by atoms with van der Waals surface area (Å²) in [6.07, 6.45) is -4.30. The number of hydrogen-bond donors (Lipinski definition) is 3. The summed E-state index contributed by atoms with van der Waals surface area (Å²) in [5, 5.41) is 21.1. The van der Waals surface area contributed by atoms with Gasteiger partial charge in [0.05, 0.1) is 12.7 Å². The van der Waals surface area contributed by atoms with Crippen molar-refractivity contribution in [2.24, 2.45) is 0 Å². The number of nitrogens with one attached hydrogen (secondary N) is 2. The van der Waals surface area contributed by atoms with Gasteiger partial charge in [0, 0.05) is 31.0 Å². The van der Waals surface area contributed by atoms with Crippen molar-refractivity contribution in [1.29, 1.82) is 0 Å². The number of rotatable bonds is 6. The highest BCUT2D eigenvalue weighted by molar-refractivity contribution is 5.93. The van der Waals surface area contributed by atoms with Crippen molar-refractivity contribution in [2.75, 3.05) is 6.54 Å². The Morgan fingerprint density at radius 2 is 1.82 bits per heavy atom. The standard InChI is InChI=1S/C20H19F3N6O2.C2HF3O2/c21-20(22,23)31-17-3-1-2-13(8-17)14-4-5-24-18(9-14)19(30)27-15-10-16(25-11-15)12-29-7-6-26-28-29;3-2(4,5)1(6)7/h1-9,15-16,25H,10-12H2,(H,27,30);(H,6,7)/t15-,16+;/m1./s1. The second-order valence-electron chi connectivity index (χ2n) is 7.94. The van der Waals surface area contributed by atoms with Crippen molar-refractivity contribution >= 4 is 11.9 Å². The van der Waals surface area contributed by atoms with E-state index in [2.05, 4.69) is 30.7 Å². The van der Waals surface area contributed by atoms with E-state index < -0.39 is 18.5 Å². The fourth-order valence-electron chi connectivity index (χ4n) is 3.49. The molecule has 1 saturated heterocycles. The molecule has 1 aliphatic rings. The highest BCUT2D eigenvalue weighted by Crippen LogP contribution is 2.28. The number of nitrogens with zero attached hydrogens (tertiary/aromatic N) is 4. The van der Waals surface area contributed by atoms with Crippen molar-refractivity contribution in [2.45, 2.75) is 37.6 Å². The molecule has 0 saturated carbocycles. The lowest BCUT2D eigenvalue weighted by atomic mass is 10.1. The number of carboxylic acid groups (broad SMARTS) is 1.